The molecule has 30 heavy (non-hydrogen) atoms. The molecular weight excluding hydrogens is 388 g/mol. The predicted octanol–water partition coefficient (Wildman–Crippen LogP) is 2.53. The maximum atomic E-state index is 13.8. The summed E-state index contributed by atoms with van der Waals surface area (Å²) in [6.07, 6.45) is 3.62. The van der Waals surface area contributed by atoms with Crippen LogP contribution in [0.2, 0.25) is 0 Å². The van der Waals surface area contributed by atoms with Gasteiger partial charge in [0.2, 0.25) is 0 Å². The van der Waals surface area contributed by atoms with Crippen molar-refractivity contribution in [3.63, 3.8) is 0 Å². The molecule has 4 aliphatic rings. The van der Waals surface area contributed by atoms with Crippen LogP contribution in [0.25, 0.3) is 0 Å². The molecule has 4 saturated heterocycles. The Kier molecular flexibility index (Phi) is 4.91. The van der Waals surface area contributed by atoms with Crippen LogP contribution in [0.3, 0.4) is 0 Å². The van der Waals surface area contributed by atoms with E-state index in [1.807, 2.05) is 50.9 Å². The van der Waals surface area contributed by atoms with Crippen molar-refractivity contribution in [1.29, 1.82) is 0 Å². The third-order valence-electron chi connectivity index (χ3n) is 6.25. The Hall–Kier alpha value is -1.58. The van der Waals surface area contributed by atoms with E-state index in [2.05, 4.69) is 4.98 Å². The van der Waals surface area contributed by atoms with E-state index in [4.69, 9.17) is 23.7 Å². The number of rotatable bonds is 2. The number of likely N-dealkylation sites (tertiary alicyclic amines) is 1. The first kappa shape index (κ1) is 20.3. The standard InChI is InChI=1S/C22H30N2O6/c1-21(2)27-15-16(28-21)18-20(30-22(3,4)29-18)26-17(15)19(25)24-11-6-5-9-14(24)13-8-7-10-23-12-13/h7-8,10,12,14-18,20H,5-6,9,11H2,1-4H3/t14-,15+,16+,17-,18+,20-/m0/s1. The number of amides is 1. The zero-order chi connectivity index (χ0) is 21.1. The molecule has 1 aromatic rings. The second-order valence-corrected chi connectivity index (χ2v) is 9.42. The summed E-state index contributed by atoms with van der Waals surface area (Å²) in [6.45, 7) is 8.05. The fourth-order valence-electron chi connectivity index (χ4n) is 5.09. The van der Waals surface area contributed by atoms with E-state index in [0.717, 1.165) is 24.8 Å². The van der Waals surface area contributed by atoms with Crippen molar-refractivity contribution in [3.05, 3.63) is 30.1 Å². The molecule has 8 heteroatoms. The minimum absolute atomic E-state index is 0.0211. The molecule has 164 valence electrons. The molecule has 0 spiro atoms. The van der Waals surface area contributed by atoms with Crippen LogP contribution in [0.1, 0.15) is 58.6 Å². The van der Waals surface area contributed by atoms with E-state index in [1.54, 1.807) is 6.20 Å². The molecule has 8 nitrogen and oxygen atoms in total. The number of hydrogen-bond acceptors (Lipinski definition) is 7. The molecule has 1 aromatic heterocycles. The molecule has 4 fully saturated rings. The number of carbonyl (C=O) groups is 1. The van der Waals surface area contributed by atoms with Gasteiger partial charge in [-0.25, -0.2) is 0 Å². The van der Waals surface area contributed by atoms with Gasteiger partial charge in [0.15, 0.2) is 24.0 Å². The van der Waals surface area contributed by atoms with Crippen molar-refractivity contribution in [2.75, 3.05) is 6.54 Å². The number of carbonyl (C=O) groups excluding carboxylic acids is 1. The van der Waals surface area contributed by atoms with Crippen LogP contribution in [-0.2, 0) is 28.5 Å². The molecule has 0 N–H and O–H groups in total. The summed E-state index contributed by atoms with van der Waals surface area (Å²) in [4.78, 5) is 20.0. The van der Waals surface area contributed by atoms with Crippen LogP contribution in [0.4, 0.5) is 0 Å². The average molecular weight is 418 g/mol. The number of aromatic nitrogens is 1. The number of hydrogen-bond donors (Lipinski definition) is 0. The molecule has 0 unspecified atom stereocenters. The van der Waals surface area contributed by atoms with Gasteiger partial charge in [-0.15, -0.1) is 0 Å². The SMILES string of the molecule is CC1(C)O[C@@H]2[C@@H](O1)[C@@H](C(=O)N1CCCC[C@H]1c1cccnc1)O[C@H]1OC(C)(C)O[C@@H]12. The molecular formula is C22H30N2O6. The molecule has 1 amide bonds. The van der Waals surface area contributed by atoms with Crippen LogP contribution in [0, 0.1) is 0 Å². The van der Waals surface area contributed by atoms with Gasteiger partial charge in [0, 0.05) is 18.9 Å². The second kappa shape index (κ2) is 7.24. The van der Waals surface area contributed by atoms with Gasteiger partial charge in [-0.05, 0) is 58.6 Å². The van der Waals surface area contributed by atoms with Gasteiger partial charge in [0.05, 0.1) is 6.04 Å². The van der Waals surface area contributed by atoms with E-state index in [-0.39, 0.29) is 11.9 Å². The second-order valence-electron chi connectivity index (χ2n) is 9.42. The zero-order valence-corrected chi connectivity index (χ0v) is 17.9. The Morgan fingerprint density at radius 2 is 1.77 bits per heavy atom. The number of nitrogens with zero attached hydrogens (tertiary/aromatic N) is 2. The van der Waals surface area contributed by atoms with Crippen molar-refractivity contribution in [3.8, 4) is 0 Å². The maximum Gasteiger partial charge on any atom is 0.255 e. The highest BCUT2D eigenvalue weighted by molar-refractivity contribution is 5.82. The first-order valence-electron chi connectivity index (χ1n) is 10.8. The highest BCUT2D eigenvalue weighted by Crippen LogP contribution is 2.45. The lowest BCUT2D eigenvalue weighted by Crippen LogP contribution is -2.60. The summed E-state index contributed by atoms with van der Waals surface area (Å²) in [5.41, 5.74) is 1.04. The molecule has 0 aliphatic carbocycles. The maximum absolute atomic E-state index is 13.8. The van der Waals surface area contributed by atoms with Gasteiger partial charge < -0.3 is 28.6 Å². The predicted molar refractivity (Wildman–Crippen MR) is 105 cm³/mol. The summed E-state index contributed by atoms with van der Waals surface area (Å²) >= 11 is 0. The quantitative estimate of drug-likeness (QED) is 0.730. The lowest BCUT2D eigenvalue weighted by atomic mass is 9.93. The molecule has 5 rings (SSSR count). The Morgan fingerprint density at radius 1 is 1.03 bits per heavy atom. The molecule has 6 atom stereocenters. The minimum Gasteiger partial charge on any atom is -0.342 e. The third-order valence-corrected chi connectivity index (χ3v) is 6.25. The average Bonchev–Trinajstić information content (AvgIpc) is 3.21. The Labute approximate surface area is 176 Å². The highest BCUT2D eigenvalue weighted by atomic mass is 16.9. The van der Waals surface area contributed by atoms with E-state index in [1.165, 1.54) is 0 Å². The summed E-state index contributed by atoms with van der Waals surface area (Å²) in [5, 5.41) is 0. The van der Waals surface area contributed by atoms with Crippen molar-refractivity contribution in [2.24, 2.45) is 0 Å². The van der Waals surface area contributed by atoms with E-state index in [9.17, 15) is 4.79 Å². The van der Waals surface area contributed by atoms with E-state index < -0.39 is 42.3 Å². The Bertz CT molecular complexity index is 800. The topological polar surface area (TPSA) is 79.4 Å². The normalized spacial score (nSPS) is 39.4. The summed E-state index contributed by atoms with van der Waals surface area (Å²) in [7, 11) is 0. The fourth-order valence-corrected chi connectivity index (χ4v) is 5.09. The molecule has 4 aliphatic heterocycles. The van der Waals surface area contributed by atoms with Crippen molar-refractivity contribution < 1.29 is 28.5 Å². The Balaban J connectivity index is 1.44. The number of piperidine rings is 1. The first-order chi connectivity index (χ1) is 14.2. The van der Waals surface area contributed by atoms with Crippen molar-refractivity contribution in [2.45, 2.75) is 95.3 Å². The smallest absolute Gasteiger partial charge is 0.255 e. The largest absolute Gasteiger partial charge is 0.342 e. The van der Waals surface area contributed by atoms with Gasteiger partial charge >= 0.3 is 0 Å². The third kappa shape index (κ3) is 3.54. The van der Waals surface area contributed by atoms with Gasteiger partial charge in [0.1, 0.15) is 18.3 Å². The van der Waals surface area contributed by atoms with E-state index >= 15 is 0 Å². The van der Waals surface area contributed by atoms with Crippen LogP contribution in [0.15, 0.2) is 24.5 Å². The summed E-state index contributed by atoms with van der Waals surface area (Å²) in [6, 6.07) is 3.91. The molecule has 0 saturated carbocycles. The number of pyridine rings is 1. The van der Waals surface area contributed by atoms with Crippen LogP contribution in [0.5, 0.6) is 0 Å². The van der Waals surface area contributed by atoms with Crippen LogP contribution >= 0.6 is 0 Å². The van der Waals surface area contributed by atoms with Crippen LogP contribution in [-0.4, -0.2) is 64.6 Å². The lowest BCUT2D eigenvalue weighted by molar-refractivity contribution is -0.235. The monoisotopic (exact) mass is 418 g/mol. The summed E-state index contributed by atoms with van der Waals surface area (Å²) < 4.78 is 30.5. The fraction of sp³-hybridized carbons (Fsp3) is 0.727. The van der Waals surface area contributed by atoms with Crippen molar-refractivity contribution >= 4 is 5.91 Å². The first-order valence-corrected chi connectivity index (χ1v) is 10.8. The van der Waals surface area contributed by atoms with Gasteiger partial charge in [0.25, 0.3) is 5.91 Å². The molecule has 0 radical (unpaired) electrons. The number of fused-ring (bicyclic) bond motifs is 3. The van der Waals surface area contributed by atoms with E-state index in [0.29, 0.717) is 6.54 Å². The number of ether oxygens (including phenoxy) is 5. The molecule has 5 heterocycles. The van der Waals surface area contributed by atoms with Gasteiger partial charge in [-0.2, -0.15) is 0 Å². The van der Waals surface area contributed by atoms with Gasteiger partial charge in [-0.1, -0.05) is 6.07 Å². The zero-order valence-electron chi connectivity index (χ0n) is 17.9. The highest BCUT2D eigenvalue weighted by Gasteiger charge is 2.62. The lowest BCUT2D eigenvalue weighted by Gasteiger charge is -2.42. The van der Waals surface area contributed by atoms with Crippen molar-refractivity contribution in [1.82, 2.24) is 9.88 Å². The van der Waals surface area contributed by atoms with Gasteiger partial charge in [-0.3, -0.25) is 9.78 Å². The summed E-state index contributed by atoms with van der Waals surface area (Å²) in [5.74, 6) is -1.73. The Morgan fingerprint density at radius 3 is 2.53 bits per heavy atom. The van der Waals surface area contributed by atoms with Crippen LogP contribution < -0.4 is 0 Å². The molecule has 0 bridgehead atoms. The minimum atomic E-state index is -0.827. The molecule has 0 aromatic carbocycles.